The Morgan fingerprint density at radius 3 is 2.64 bits per heavy atom. The fourth-order valence-corrected chi connectivity index (χ4v) is 4.53. The fraction of sp³-hybridized carbons (Fsp3) is 0.179. The molecule has 0 spiro atoms. The number of benzene rings is 3. The number of aryl methyl sites for hydroxylation is 1. The van der Waals surface area contributed by atoms with Crippen molar-refractivity contribution in [3.8, 4) is 17.0 Å². The number of amides is 1. The number of carboxylic acids is 1. The van der Waals surface area contributed by atoms with Gasteiger partial charge in [0.2, 0.25) is 0 Å². The van der Waals surface area contributed by atoms with Crippen molar-refractivity contribution in [1.82, 2.24) is 14.7 Å². The van der Waals surface area contributed by atoms with Crippen LogP contribution in [-0.2, 0) is 20.2 Å². The molecular formula is C28H23F3N4O4. The number of halogens is 3. The van der Waals surface area contributed by atoms with Gasteiger partial charge in [0.1, 0.15) is 29.8 Å². The summed E-state index contributed by atoms with van der Waals surface area (Å²) in [5.41, 5.74) is 1.64. The molecule has 0 aliphatic carbocycles. The van der Waals surface area contributed by atoms with E-state index in [9.17, 15) is 27.9 Å². The summed E-state index contributed by atoms with van der Waals surface area (Å²) in [7, 11) is 1.64. The second kappa shape index (κ2) is 10.5. The number of hydrogen-bond acceptors (Lipinski definition) is 5. The van der Waals surface area contributed by atoms with Crippen molar-refractivity contribution in [2.75, 3.05) is 18.4 Å². The molecule has 2 N–H and O–H groups in total. The highest BCUT2D eigenvalue weighted by atomic mass is 19.1. The van der Waals surface area contributed by atoms with Gasteiger partial charge in [0.25, 0.3) is 5.91 Å². The van der Waals surface area contributed by atoms with Crippen LogP contribution in [-0.4, -0.2) is 44.8 Å². The third-order valence-corrected chi connectivity index (χ3v) is 6.43. The molecule has 1 aliphatic heterocycles. The van der Waals surface area contributed by atoms with Crippen LogP contribution in [0.2, 0.25) is 0 Å². The number of aromatic nitrogens is 2. The van der Waals surface area contributed by atoms with Crippen LogP contribution in [0.25, 0.3) is 11.3 Å². The highest BCUT2D eigenvalue weighted by Crippen LogP contribution is 2.39. The number of aromatic carboxylic acids is 1. The Morgan fingerprint density at radius 1 is 1.08 bits per heavy atom. The largest absolute Gasteiger partial charge is 0.488 e. The van der Waals surface area contributed by atoms with Crippen LogP contribution in [0.4, 0.5) is 18.9 Å². The Hall–Kier alpha value is -4.80. The van der Waals surface area contributed by atoms with Crippen LogP contribution >= 0.6 is 0 Å². The van der Waals surface area contributed by atoms with E-state index in [2.05, 4.69) is 10.4 Å². The Morgan fingerprint density at radius 2 is 1.87 bits per heavy atom. The molecule has 0 unspecified atom stereocenters. The van der Waals surface area contributed by atoms with Gasteiger partial charge in [-0.3, -0.25) is 9.48 Å². The summed E-state index contributed by atoms with van der Waals surface area (Å²) >= 11 is 0. The molecule has 1 aromatic heterocycles. The number of nitrogens with one attached hydrogen (secondary N) is 1. The Labute approximate surface area is 221 Å². The summed E-state index contributed by atoms with van der Waals surface area (Å²) < 4.78 is 50.1. The summed E-state index contributed by atoms with van der Waals surface area (Å²) in [5.74, 6) is -2.90. The Bertz CT molecular complexity index is 1590. The summed E-state index contributed by atoms with van der Waals surface area (Å²) in [6.07, 6.45) is 0. The molecule has 39 heavy (non-hydrogen) atoms. The zero-order chi connectivity index (χ0) is 27.7. The van der Waals surface area contributed by atoms with Crippen molar-refractivity contribution in [1.29, 1.82) is 0 Å². The first-order chi connectivity index (χ1) is 18.7. The molecule has 8 nitrogen and oxygen atoms in total. The maximum absolute atomic E-state index is 14.5. The molecule has 2 heterocycles. The SMILES string of the molecule is Cn1nc(C(=O)N(CCNc2cc(C(=O)O)ccc2F)Cc2ccccc2F)c2c1-c1cc(F)ccc1OC2. The van der Waals surface area contributed by atoms with E-state index in [1.54, 1.807) is 19.2 Å². The van der Waals surface area contributed by atoms with Crippen molar-refractivity contribution >= 4 is 17.6 Å². The summed E-state index contributed by atoms with van der Waals surface area (Å²) in [5, 5.41) is 16.4. The van der Waals surface area contributed by atoms with E-state index in [0.717, 1.165) is 18.2 Å². The topological polar surface area (TPSA) is 96.7 Å². The van der Waals surface area contributed by atoms with E-state index >= 15 is 0 Å². The van der Waals surface area contributed by atoms with Gasteiger partial charge in [0, 0.05) is 43.4 Å². The van der Waals surface area contributed by atoms with Gasteiger partial charge in [0.05, 0.1) is 16.9 Å². The fourth-order valence-electron chi connectivity index (χ4n) is 4.53. The van der Waals surface area contributed by atoms with Crippen molar-refractivity contribution in [3.05, 3.63) is 100 Å². The average Bonchev–Trinajstić information content (AvgIpc) is 3.26. The van der Waals surface area contributed by atoms with E-state index < -0.39 is 29.3 Å². The number of anilines is 1. The van der Waals surface area contributed by atoms with Gasteiger partial charge < -0.3 is 20.1 Å². The quantitative estimate of drug-likeness (QED) is 0.334. The smallest absolute Gasteiger partial charge is 0.335 e. The predicted molar refractivity (Wildman–Crippen MR) is 136 cm³/mol. The molecule has 0 saturated carbocycles. The van der Waals surface area contributed by atoms with Gasteiger partial charge in [-0.05, 0) is 42.5 Å². The Kier molecular flexibility index (Phi) is 6.97. The molecule has 11 heteroatoms. The molecule has 0 radical (unpaired) electrons. The van der Waals surface area contributed by atoms with Crippen LogP contribution in [0.15, 0.2) is 60.7 Å². The van der Waals surface area contributed by atoms with Gasteiger partial charge in [0.15, 0.2) is 5.69 Å². The lowest BCUT2D eigenvalue weighted by atomic mass is 10.0. The second-order valence-corrected chi connectivity index (χ2v) is 8.97. The van der Waals surface area contributed by atoms with Gasteiger partial charge >= 0.3 is 5.97 Å². The van der Waals surface area contributed by atoms with E-state index in [1.165, 1.54) is 39.9 Å². The number of carbonyl (C=O) groups excluding carboxylic acids is 1. The van der Waals surface area contributed by atoms with Crippen molar-refractivity contribution < 1.29 is 32.6 Å². The molecule has 0 atom stereocenters. The summed E-state index contributed by atoms with van der Waals surface area (Å²) in [6, 6.07) is 13.5. The summed E-state index contributed by atoms with van der Waals surface area (Å²) in [6.45, 7) is -0.0504. The second-order valence-electron chi connectivity index (χ2n) is 8.97. The van der Waals surface area contributed by atoms with E-state index in [4.69, 9.17) is 4.74 Å². The molecule has 0 fully saturated rings. The van der Waals surface area contributed by atoms with Crippen molar-refractivity contribution in [2.24, 2.45) is 7.05 Å². The zero-order valence-corrected chi connectivity index (χ0v) is 20.7. The lowest BCUT2D eigenvalue weighted by molar-refractivity contribution is 0.0695. The number of rotatable bonds is 8. The molecule has 3 aromatic carbocycles. The van der Waals surface area contributed by atoms with Gasteiger partial charge in [-0.25, -0.2) is 18.0 Å². The number of nitrogens with zero attached hydrogens (tertiary/aromatic N) is 3. The predicted octanol–water partition coefficient (Wildman–Crippen LogP) is 4.85. The Balaban J connectivity index is 1.44. The minimum absolute atomic E-state index is 0.00132. The zero-order valence-electron chi connectivity index (χ0n) is 20.7. The number of carboxylic acid groups (broad SMARTS) is 1. The molecule has 0 saturated heterocycles. The van der Waals surface area contributed by atoms with E-state index in [1.807, 2.05) is 0 Å². The number of fused-ring (bicyclic) bond motifs is 3. The first kappa shape index (κ1) is 25.8. The van der Waals surface area contributed by atoms with Crippen molar-refractivity contribution in [3.63, 3.8) is 0 Å². The van der Waals surface area contributed by atoms with Crippen LogP contribution in [0, 0.1) is 17.5 Å². The molecule has 0 bridgehead atoms. The minimum atomic E-state index is -1.21. The monoisotopic (exact) mass is 536 g/mol. The maximum atomic E-state index is 14.5. The first-order valence-electron chi connectivity index (χ1n) is 12.0. The minimum Gasteiger partial charge on any atom is -0.488 e. The van der Waals surface area contributed by atoms with Crippen LogP contribution in [0.3, 0.4) is 0 Å². The molecular weight excluding hydrogens is 513 g/mol. The molecule has 5 rings (SSSR count). The molecule has 1 amide bonds. The lowest BCUT2D eigenvalue weighted by Gasteiger charge is -2.24. The van der Waals surface area contributed by atoms with Crippen LogP contribution in [0.1, 0.15) is 32.0 Å². The summed E-state index contributed by atoms with van der Waals surface area (Å²) in [4.78, 5) is 26.4. The average molecular weight is 537 g/mol. The van der Waals surface area contributed by atoms with Crippen LogP contribution < -0.4 is 10.1 Å². The standard InChI is InChI=1S/C28H23F3N4O4/c1-34-26-19-13-18(29)7-9-24(19)39-15-20(26)25(33-34)27(36)35(14-17-4-2-3-5-21(17)30)11-10-32-23-12-16(28(37)38)6-8-22(23)31/h2-9,12-13,32H,10-11,14-15H2,1H3,(H,37,38). The normalized spacial score (nSPS) is 11.8. The first-order valence-corrected chi connectivity index (χ1v) is 12.0. The van der Waals surface area contributed by atoms with E-state index in [0.29, 0.717) is 22.6 Å². The number of hydrogen-bond donors (Lipinski definition) is 2. The molecule has 200 valence electrons. The highest BCUT2D eigenvalue weighted by molar-refractivity contribution is 5.96. The molecule has 4 aromatic rings. The third-order valence-electron chi connectivity index (χ3n) is 6.43. The van der Waals surface area contributed by atoms with Gasteiger partial charge in [-0.15, -0.1) is 0 Å². The van der Waals surface area contributed by atoms with Crippen LogP contribution in [0.5, 0.6) is 5.75 Å². The van der Waals surface area contributed by atoms with Crippen molar-refractivity contribution in [2.45, 2.75) is 13.2 Å². The third kappa shape index (κ3) is 5.15. The number of carbonyl (C=O) groups is 2. The number of ether oxygens (including phenoxy) is 1. The van der Waals surface area contributed by atoms with Gasteiger partial charge in [-0.2, -0.15) is 5.10 Å². The lowest BCUT2D eigenvalue weighted by Crippen LogP contribution is -2.36. The highest BCUT2D eigenvalue weighted by Gasteiger charge is 2.31. The maximum Gasteiger partial charge on any atom is 0.335 e. The van der Waals surface area contributed by atoms with E-state index in [-0.39, 0.29) is 48.7 Å². The van der Waals surface area contributed by atoms with Gasteiger partial charge in [-0.1, -0.05) is 18.2 Å². The molecule has 1 aliphatic rings.